The third-order valence-electron chi connectivity index (χ3n) is 3.98. The zero-order valence-electron chi connectivity index (χ0n) is 12.7. The van der Waals surface area contributed by atoms with Crippen molar-refractivity contribution in [1.29, 1.82) is 0 Å². The summed E-state index contributed by atoms with van der Waals surface area (Å²) >= 11 is 0. The molecular weight excluding hydrogens is 276 g/mol. The van der Waals surface area contributed by atoms with Crippen LogP contribution in [0.15, 0.2) is 54.1 Å². The molecule has 0 atom stereocenters. The number of aldehydes is 1. The number of carbonyl (C=O) groups is 2. The van der Waals surface area contributed by atoms with Gasteiger partial charge >= 0.3 is 5.97 Å². The topological polar surface area (TPSA) is 43.4 Å². The lowest BCUT2D eigenvalue weighted by atomic mass is 9.84. The summed E-state index contributed by atoms with van der Waals surface area (Å²) in [6.07, 6.45) is 10.9. The second-order valence-corrected chi connectivity index (χ2v) is 5.64. The van der Waals surface area contributed by atoms with Gasteiger partial charge in [0, 0.05) is 6.08 Å². The Hall–Kier alpha value is -2.16. The van der Waals surface area contributed by atoms with E-state index >= 15 is 0 Å². The maximum atomic E-state index is 11.8. The molecule has 2 rings (SSSR count). The molecule has 1 aromatic carbocycles. The minimum absolute atomic E-state index is 0.252. The molecule has 1 aliphatic carbocycles. The molecule has 0 saturated heterocycles. The normalized spacial score (nSPS) is 18.2. The molecule has 0 bridgehead atoms. The molecule has 0 N–H and O–H groups in total. The molecule has 1 aliphatic rings. The first-order chi connectivity index (χ1) is 10.8. The van der Waals surface area contributed by atoms with Crippen molar-refractivity contribution >= 4 is 12.3 Å². The quantitative estimate of drug-likeness (QED) is 0.453. The first kappa shape index (κ1) is 16.2. The third kappa shape index (κ3) is 5.68. The number of allylic oxidation sites excluding steroid dienone is 3. The predicted octanol–water partition coefficient (Wildman–Crippen LogP) is 3.99. The summed E-state index contributed by atoms with van der Waals surface area (Å²) < 4.78 is 5.27. The van der Waals surface area contributed by atoms with E-state index in [4.69, 9.17) is 4.74 Å². The SMILES string of the molecule is O=CC=CCC1CCC(=CC(=O)OCc2ccccc2)CC1. The summed E-state index contributed by atoms with van der Waals surface area (Å²) in [5.74, 6) is 0.367. The van der Waals surface area contributed by atoms with Crippen molar-refractivity contribution in [3.05, 3.63) is 59.7 Å². The molecule has 1 saturated carbocycles. The van der Waals surface area contributed by atoms with Crippen molar-refractivity contribution < 1.29 is 14.3 Å². The van der Waals surface area contributed by atoms with Gasteiger partial charge in [-0.2, -0.15) is 0 Å². The molecule has 1 fully saturated rings. The number of hydrogen-bond donors (Lipinski definition) is 0. The molecule has 0 radical (unpaired) electrons. The largest absolute Gasteiger partial charge is 0.458 e. The zero-order valence-corrected chi connectivity index (χ0v) is 12.7. The fourth-order valence-electron chi connectivity index (χ4n) is 2.69. The number of esters is 1. The van der Waals surface area contributed by atoms with E-state index in [9.17, 15) is 9.59 Å². The van der Waals surface area contributed by atoms with Crippen LogP contribution in [0.4, 0.5) is 0 Å². The standard InChI is InChI=1S/C19H22O3/c20-13-5-4-6-16-9-11-17(12-10-16)14-19(21)22-15-18-7-2-1-3-8-18/h1-5,7-8,13-14,16H,6,9-12,15H2. The van der Waals surface area contributed by atoms with Gasteiger partial charge in [-0.1, -0.05) is 42.0 Å². The third-order valence-corrected chi connectivity index (χ3v) is 3.98. The lowest BCUT2D eigenvalue weighted by Gasteiger charge is -2.22. The van der Waals surface area contributed by atoms with Gasteiger partial charge < -0.3 is 4.74 Å². The smallest absolute Gasteiger partial charge is 0.331 e. The van der Waals surface area contributed by atoms with Crippen molar-refractivity contribution in [3.63, 3.8) is 0 Å². The highest BCUT2D eigenvalue weighted by molar-refractivity contribution is 5.82. The summed E-state index contributed by atoms with van der Waals surface area (Å²) in [4.78, 5) is 22.1. The minimum atomic E-state index is -0.252. The summed E-state index contributed by atoms with van der Waals surface area (Å²) in [6.45, 7) is 0.322. The van der Waals surface area contributed by atoms with Gasteiger partial charge in [0.15, 0.2) is 0 Å². The summed E-state index contributed by atoms with van der Waals surface area (Å²) in [5, 5.41) is 0. The first-order valence-electron chi connectivity index (χ1n) is 7.78. The Kier molecular flexibility index (Phi) is 6.62. The average molecular weight is 298 g/mol. The monoisotopic (exact) mass is 298 g/mol. The predicted molar refractivity (Wildman–Crippen MR) is 86.1 cm³/mol. The van der Waals surface area contributed by atoms with Gasteiger partial charge in [-0.25, -0.2) is 4.79 Å². The van der Waals surface area contributed by atoms with Gasteiger partial charge in [-0.05, 0) is 49.7 Å². The summed E-state index contributed by atoms with van der Waals surface area (Å²) in [7, 11) is 0. The van der Waals surface area contributed by atoms with Crippen LogP contribution in [0.5, 0.6) is 0 Å². The maximum Gasteiger partial charge on any atom is 0.331 e. The van der Waals surface area contributed by atoms with Crippen molar-refractivity contribution in [3.8, 4) is 0 Å². The van der Waals surface area contributed by atoms with Gasteiger partial charge in [0.25, 0.3) is 0 Å². The van der Waals surface area contributed by atoms with E-state index in [1.807, 2.05) is 36.4 Å². The van der Waals surface area contributed by atoms with E-state index < -0.39 is 0 Å². The summed E-state index contributed by atoms with van der Waals surface area (Å²) in [6, 6.07) is 9.69. The van der Waals surface area contributed by atoms with Crippen LogP contribution in [0, 0.1) is 5.92 Å². The number of hydrogen-bond acceptors (Lipinski definition) is 3. The van der Waals surface area contributed by atoms with E-state index in [1.54, 1.807) is 12.2 Å². The molecule has 3 nitrogen and oxygen atoms in total. The fourth-order valence-corrected chi connectivity index (χ4v) is 2.69. The van der Waals surface area contributed by atoms with Crippen LogP contribution in [-0.4, -0.2) is 12.3 Å². The van der Waals surface area contributed by atoms with Gasteiger partial charge in [-0.3, -0.25) is 4.79 Å². The molecule has 1 aromatic rings. The van der Waals surface area contributed by atoms with Crippen molar-refractivity contribution in [2.45, 2.75) is 38.7 Å². The minimum Gasteiger partial charge on any atom is -0.458 e. The second kappa shape index (κ2) is 8.98. The Morgan fingerprint density at radius 3 is 2.59 bits per heavy atom. The van der Waals surface area contributed by atoms with Gasteiger partial charge in [0.05, 0.1) is 0 Å². The molecule has 116 valence electrons. The molecule has 0 aliphatic heterocycles. The second-order valence-electron chi connectivity index (χ2n) is 5.64. The Morgan fingerprint density at radius 2 is 1.91 bits per heavy atom. The van der Waals surface area contributed by atoms with E-state index in [0.717, 1.165) is 44.0 Å². The molecule has 0 spiro atoms. The highest BCUT2D eigenvalue weighted by atomic mass is 16.5. The molecule has 22 heavy (non-hydrogen) atoms. The maximum absolute atomic E-state index is 11.8. The average Bonchev–Trinajstić information content (AvgIpc) is 2.56. The number of ether oxygens (including phenoxy) is 1. The Labute approximate surface area is 131 Å². The highest BCUT2D eigenvalue weighted by Crippen LogP contribution is 2.30. The van der Waals surface area contributed by atoms with E-state index in [1.165, 1.54) is 5.57 Å². The van der Waals surface area contributed by atoms with Crippen molar-refractivity contribution in [1.82, 2.24) is 0 Å². The van der Waals surface area contributed by atoms with E-state index in [2.05, 4.69) is 0 Å². The molecular formula is C19H22O3. The van der Waals surface area contributed by atoms with Crippen LogP contribution >= 0.6 is 0 Å². The van der Waals surface area contributed by atoms with Crippen molar-refractivity contribution in [2.24, 2.45) is 5.92 Å². The Morgan fingerprint density at radius 1 is 1.18 bits per heavy atom. The van der Waals surface area contributed by atoms with Crippen LogP contribution < -0.4 is 0 Å². The van der Waals surface area contributed by atoms with Gasteiger partial charge in [0.1, 0.15) is 12.9 Å². The first-order valence-corrected chi connectivity index (χ1v) is 7.78. The van der Waals surface area contributed by atoms with Crippen LogP contribution in [-0.2, 0) is 20.9 Å². The Balaban J connectivity index is 1.73. The molecule has 0 amide bonds. The number of benzene rings is 1. The fraction of sp³-hybridized carbons (Fsp3) is 0.368. The summed E-state index contributed by atoms with van der Waals surface area (Å²) in [5.41, 5.74) is 2.17. The van der Waals surface area contributed by atoms with Gasteiger partial charge in [0.2, 0.25) is 0 Å². The van der Waals surface area contributed by atoms with Gasteiger partial charge in [-0.15, -0.1) is 0 Å². The number of rotatable bonds is 6. The van der Waals surface area contributed by atoms with Crippen LogP contribution in [0.3, 0.4) is 0 Å². The zero-order chi connectivity index (χ0) is 15.6. The molecule has 0 heterocycles. The van der Waals surface area contributed by atoms with E-state index in [-0.39, 0.29) is 5.97 Å². The van der Waals surface area contributed by atoms with Crippen LogP contribution in [0.25, 0.3) is 0 Å². The van der Waals surface area contributed by atoms with E-state index in [0.29, 0.717) is 12.5 Å². The lowest BCUT2D eigenvalue weighted by molar-refractivity contribution is -0.139. The molecule has 3 heteroatoms. The van der Waals surface area contributed by atoms with Crippen LogP contribution in [0.2, 0.25) is 0 Å². The Bertz CT molecular complexity index is 533. The lowest BCUT2D eigenvalue weighted by Crippen LogP contribution is -2.09. The highest BCUT2D eigenvalue weighted by Gasteiger charge is 2.16. The van der Waals surface area contributed by atoms with Crippen LogP contribution in [0.1, 0.15) is 37.7 Å². The van der Waals surface area contributed by atoms with Crippen molar-refractivity contribution in [2.75, 3.05) is 0 Å². The molecule has 0 aromatic heterocycles. The molecule has 0 unspecified atom stereocenters. The number of carbonyl (C=O) groups excluding carboxylic acids is 2.